The quantitative estimate of drug-likeness (QED) is 0.435. The highest BCUT2D eigenvalue weighted by Gasteiger charge is 1.98. The lowest BCUT2D eigenvalue weighted by Gasteiger charge is -1.95. The van der Waals surface area contributed by atoms with Gasteiger partial charge in [0.2, 0.25) is 0 Å². The number of carboxylic acids is 1. The minimum Gasteiger partial charge on any atom is -0.478 e. The van der Waals surface area contributed by atoms with Crippen LogP contribution in [0, 0.1) is 0 Å². The minimum absolute atomic E-state index is 0.227. The molecule has 74 valence electrons. The largest absolute Gasteiger partial charge is 0.478 e. The Morgan fingerprint density at radius 3 is 2.93 bits per heavy atom. The highest BCUT2D eigenvalue weighted by Crippen LogP contribution is 2.04. The van der Waals surface area contributed by atoms with Crippen molar-refractivity contribution in [2.24, 2.45) is 0 Å². The van der Waals surface area contributed by atoms with Crippen LogP contribution in [0.25, 0.3) is 6.08 Å². The van der Waals surface area contributed by atoms with Gasteiger partial charge in [-0.05, 0) is 12.3 Å². The van der Waals surface area contributed by atoms with Gasteiger partial charge in [-0.15, -0.1) is 0 Å². The van der Waals surface area contributed by atoms with Gasteiger partial charge in [0.25, 0.3) is 5.56 Å². The van der Waals surface area contributed by atoms with Crippen molar-refractivity contribution in [3.8, 4) is 0 Å². The van der Waals surface area contributed by atoms with E-state index in [1.54, 1.807) is 6.26 Å². The molecule has 5 nitrogen and oxygen atoms in total. The summed E-state index contributed by atoms with van der Waals surface area (Å²) in [5.41, 5.74) is -0.118. The number of hydrogen-bond donors (Lipinski definition) is 2. The van der Waals surface area contributed by atoms with Gasteiger partial charge in [0.05, 0.1) is 5.56 Å². The van der Waals surface area contributed by atoms with E-state index in [9.17, 15) is 9.59 Å². The molecule has 2 N–H and O–H groups in total. The second-order valence-corrected chi connectivity index (χ2v) is 3.14. The average Bonchev–Trinajstić information content (AvgIpc) is 2.15. The molecule has 6 heteroatoms. The molecule has 0 radical (unpaired) electrons. The molecule has 1 heterocycles. The average molecular weight is 212 g/mol. The summed E-state index contributed by atoms with van der Waals surface area (Å²) in [6.45, 7) is 0. The van der Waals surface area contributed by atoms with Crippen LogP contribution in [0.15, 0.2) is 22.2 Å². The van der Waals surface area contributed by atoms with Crippen molar-refractivity contribution < 1.29 is 9.90 Å². The zero-order valence-corrected chi connectivity index (χ0v) is 8.17. The van der Waals surface area contributed by atoms with Crippen LogP contribution < -0.4 is 5.56 Å². The van der Waals surface area contributed by atoms with Gasteiger partial charge in [0.1, 0.15) is 0 Å². The fourth-order valence-electron chi connectivity index (χ4n) is 0.772. The van der Waals surface area contributed by atoms with Crippen LogP contribution in [0.3, 0.4) is 0 Å². The minimum atomic E-state index is -1.10. The second-order valence-electron chi connectivity index (χ2n) is 2.35. The Labute approximate surface area is 83.9 Å². The third-order valence-corrected chi connectivity index (χ3v) is 2.00. The first-order valence-corrected chi connectivity index (χ1v) is 4.90. The van der Waals surface area contributed by atoms with Crippen LogP contribution in [-0.4, -0.2) is 27.3 Å². The summed E-state index contributed by atoms with van der Waals surface area (Å²) in [5.74, 6) is -1.10. The van der Waals surface area contributed by atoms with Crippen molar-refractivity contribution in [2.45, 2.75) is 5.16 Å². The highest BCUT2D eigenvalue weighted by atomic mass is 32.2. The standard InChI is InChI=1S/C8H8N2O3S/c1-14-8-9-4-5(7(13)10-8)2-3-6(11)12/h2-4H,1H3,(H,11,12)(H,9,10,13)/b3-2-. The predicted molar refractivity (Wildman–Crippen MR) is 53.3 cm³/mol. The molecule has 0 aromatic carbocycles. The number of aromatic amines is 1. The number of nitrogens with zero attached hydrogens (tertiary/aromatic N) is 1. The van der Waals surface area contributed by atoms with Crippen molar-refractivity contribution >= 4 is 23.8 Å². The number of carbonyl (C=O) groups is 1. The zero-order chi connectivity index (χ0) is 10.6. The number of carboxylic acid groups (broad SMARTS) is 1. The molecule has 1 rings (SSSR count). The Kier molecular flexibility index (Phi) is 3.47. The van der Waals surface area contributed by atoms with Gasteiger partial charge >= 0.3 is 5.97 Å². The summed E-state index contributed by atoms with van der Waals surface area (Å²) in [4.78, 5) is 27.8. The van der Waals surface area contributed by atoms with Gasteiger partial charge in [-0.2, -0.15) is 0 Å². The van der Waals surface area contributed by atoms with E-state index < -0.39 is 5.97 Å². The summed E-state index contributed by atoms with van der Waals surface area (Å²) >= 11 is 1.31. The summed E-state index contributed by atoms with van der Waals surface area (Å²) in [7, 11) is 0. The fourth-order valence-corrected chi connectivity index (χ4v) is 1.12. The SMILES string of the molecule is CSc1ncc(/C=C\C(=O)O)c(=O)[nH]1. The maximum atomic E-state index is 11.3. The molecule has 0 saturated carbocycles. The molecule has 0 spiro atoms. The molecule has 0 unspecified atom stereocenters. The molecule has 1 aromatic rings. The Hall–Kier alpha value is -1.56. The van der Waals surface area contributed by atoms with Gasteiger partial charge in [-0.3, -0.25) is 4.79 Å². The second kappa shape index (κ2) is 4.61. The lowest BCUT2D eigenvalue weighted by molar-refractivity contribution is -0.131. The fraction of sp³-hybridized carbons (Fsp3) is 0.125. The Balaban J connectivity index is 3.01. The Bertz CT molecular complexity index is 425. The normalized spacial score (nSPS) is 10.6. The summed E-state index contributed by atoms with van der Waals surface area (Å²) in [5, 5.41) is 8.85. The number of nitrogens with one attached hydrogen (secondary N) is 1. The Morgan fingerprint density at radius 1 is 1.71 bits per heavy atom. The summed E-state index contributed by atoms with van der Waals surface area (Å²) in [6.07, 6.45) is 5.22. The van der Waals surface area contributed by atoms with E-state index >= 15 is 0 Å². The molecule has 0 saturated heterocycles. The molecule has 0 aliphatic carbocycles. The Morgan fingerprint density at radius 2 is 2.43 bits per heavy atom. The van der Waals surface area contributed by atoms with Gasteiger partial charge in [-0.25, -0.2) is 9.78 Å². The lowest BCUT2D eigenvalue weighted by atomic mass is 10.3. The number of H-pyrrole nitrogens is 1. The van der Waals surface area contributed by atoms with E-state index in [1.807, 2.05) is 0 Å². The molecule has 0 atom stereocenters. The van der Waals surface area contributed by atoms with Crippen molar-refractivity contribution in [2.75, 3.05) is 6.26 Å². The maximum absolute atomic E-state index is 11.3. The molecule has 0 fully saturated rings. The van der Waals surface area contributed by atoms with Crippen LogP contribution >= 0.6 is 11.8 Å². The number of thioether (sulfide) groups is 1. The first kappa shape index (κ1) is 10.5. The smallest absolute Gasteiger partial charge is 0.328 e. The monoisotopic (exact) mass is 212 g/mol. The highest BCUT2D eigenvalue weighted by molar-refractivity contribution is 7.98. The number of aromatic nitrogens is 2. The third kappa shape index (κ3) is 2.74. The number of aliphatic carboxylic acids is 1. The molecule has 0 aliphatic heterocycles. The van der Waals surface area contributed by atoms with Crippen molar-refractivity contribution in [1.82, 2.24) is 9.97 Å². The lowest BCUT2D eigenvalue weighted by Crippen LogP contribution is -2.11. The topological polar surface area (TPSA) is 83.0 Å². The molecule has 1 aromatic heterocycles. The summed E-state index contributed by atoms with van der Waals surface area (Å²) < 4.78 is 0. The van der Waals surface area contributed by atoms with E-state index in [0.717, 1.165) is 6.08 Å². The van der Waals surface area contributed by atoms with E-state index in [4.69, 9.17) is 5.11 Å². The maximum Gasteiger partial charge on any atom is 0.328 e. The molecule has 14 heavy (non-hydrogen) atoms. The van der Waals surface area contributed by atoms with Crippen LogP contribution in [0.1, 0.15) is 5.56 Å². The van der Waals surface area contributed by atoms with Gasteiger partial charge in [0.15, 0.2) is 5.16 Å². The van der Waals surface area contributed by atoms with Crippen LogP contribution in [-0.2, 0) is 4.79 Å². The van der Waals surface area contributed by atoms with Gasteiger partial charge in [0, 0.05) is 12.3 Å². The van der Waals surface area contributed by atoms with Crippen molar-refractivity contribution in [3.05, 3.63) is 28.2 Å². The molecule has 0 amide bonds. The van der Waals surface area contributed by atoms with Crippen molar-refractivity contribution in [3.63, 3.8) is 0 Å². The zero-order valence-electron chi connectivity index (χ0n) is 7.35. The van der Waals surface area contributed by atoms with E-state index in [1.165, 1.54) is 24.0 Å². The summed E-state index contributed by atoms with van der Waals surface area (Å²) in [6, 6.07) is 0. The van der Waals surface area contributed by atoms with E-state index in [0.29, 0.717) is 5.16 Å². The first-order valence-electron chi connectivity index (χ1n) is 3.68. The molecule has 0 aliphatic rings. The number of hydrogen-bond acceptors (Lipinski definition) is 4. The predicted octanol–water partition coefficient (Wildman–Crippen LogP) is 0.590. The van der Waals surface area contributed by atoms with Crippen LogP contribution in [0.2, 0.25) is 0 Å². The molecular formula is C8H8N2O3S. The first-order chi connectivity index (χ1) is 6.63. The van der Waals surface area contributed by atoms with E-state index in [2.05, 4.69) is 9.97 Å². The molecule has 0 bridgehead atoms. The van der Waals surface area contributed by atoms with Gasteiger partial charge in [-0.1, -0.05) is 11.8 Å². The van der Waals surface area contributed by atoms with Crippen molar-refractivity contribution in [1.29, 1.82) is 0 Å². The molecular weight excluding hydrogens is 204 g/mol. The van der Waals surface area contributed by atoms with Gasteiger partial charge < -0.3 is 10.1 Å². The van der Waals surface area contributed by atoms with E-state index in [-0.39, 0.29) is 11.1 Å². The van der Waals surface area contributed by atoms with Crippen LogP contribution in [0.4, 0.5) is 0 Å². The number of rotatable bonds is 3. The third-order valence-electron chi connectivity index (χ3n) is 1.40. The van der Waals surface area contributed by atoms with Crippen LogP contribution in [0.5, 0.6) is 0 Å².